The lowest BCUT2D eigenvalue weighted by molar-refractivity contribution is -0.111. The van der Waals surface area contributed by atoms with E-state index in [0.717, 1.165) is 12.1 Å². The number of methoxy groups -OCH3 is 1. The van der Waals surface area contributed by atoms with Gasteiger partial charge in [-0.2, -0.15) is 0 Å². The highest BCUT2D eigenvalue weighted by Gasteiger charge is 2.07. The van der Waals surface area contributed by atoms with Crippen LogP contribution in [0.5, 0.6) is 11.5 Å². The lowest BCUT2D eigenvalue weighted by atomic mass is 10.2. The van der Waals surface area contributed by atoms with E-state index in [2.05, 4.69) is 5.32 Å². The minimum Gasteiger partial charge on any atom is -0.493 e. The van der Waals surface area contributed by atoms with Crippen molar-refractivity contribution in [2.75, 3.05) is 19.0 Å². The monoisotopic (exact) mass is 333 g/mol. The second-order valence-corrected chi connectivity index (χ2v) is 4.79. The van der Waals surface area contributed by atoms with E-state index in [4.69, 9.17) is 9.47 Å². The number of benzene rings is 2. The van der Waals surface area contributed by atoms with E-state index in [0.29, 0.717) is 29.7 Å². The number of carbonyl (C=O) groups excluding carboxylic acids is 1. The van der Waals surface area contributed by atoms with Crippen molar-refractivity contribution in [2.24, 2.45) is 0 Å². The molecule has 0 spiro atoms. The average molecular weight is 333 g/mol. The standard InChI is InChI=1S/C18H17F2NO3/c1-3-24-17-10-12(4-8-16(17)23-2)5-9-18(22)21-15-7-6-13(19)11-14(15)20/h4-11H,3H2,1-2H3,(H,21,22)/b9-5+. The number of halogens is 2. The van der Waals surface area contributed by atoms with E-state index < -0.39 is 17.5 Å². The van der Waals surface area contributed by atoms with Crippen molar-refractivity contribution in [1.29, 1.82) is 0 Å². The van der Waals surface area contributed by atoms with E-state index in [9.17, 15) is 13.6 Å². The normalized spacial score (nSPS) is 10.7. The molecule has 0 bridgehead atoms. The number of ether oxygens (including phenoxy) is 2. The first-order valence-electron chi connectivity index (χ1n) is 7.28. The first kappa shape index (κ1) is 17.5. The van der Waals surface area contributed by atoms with Crippen LogP contribution in [-0.4, -0.2) is 19.6 Å². The van der Waals surface area contributed by atoms with Crippen molar-refractivity contribution in [2.45, 2.75) is 6.92 Å². The van der Waals surface area contributed by atoms with Gasteiger partial charge in [-0.15, -0.1) is 0 Å². The van der Waals surface area contributed by atoms with Crippen LogP contribution < -0.4 is 14.8 Å². The molecule has 0 saturated carbocycles. The highest BCUT2D eigenvalue weighted by Crippen LogP contribution is 2.28. The lowest BCUT2D eigenvalue weighted by Crippen LogP contribution is -2.09. The summed E-state index contributed by atoms with van der Waals surface area (Å²) in [4.78, 5) is 11.8. The first-order chi connectivity index (χ1) is 11.5. The molecule has 0 aliphatic carbocycles. The van der Waals surface area contributed by atoms with Gasteiger partial charge >= 0.3 is 0 Å². The van der Waals surface area contributed by atoms with E-state index in [1.807, 2.05) is 6.92 Å². The molecule has 6 heteroatoms. The Morgan fingerprint density at radius 2 is 1.96 bits per heavy atom. The number of rotatable bonds is 6. The fraction of sp³-hybridized carbons (Fsp3) is 0.167. The van der Waals surface area contributed by atoms with Crippen molar-refractivity contribution in [1.82, 2.24) is 0 Å². The Morgan fingerprint density at radius 3 is 2.62 bits per heavy atom. The molecule has 24 heavy (non-hydrogen) atoms. The molecular weight excluding hydrogens is 316 g/mol. The molecule has 0 aliphatic rings. The largest absolute Gasteiger partial charge is 0.493 e. The lowest BCUT2D eigenvalue weighted by Gasteiger charge is -2.09. The molecule has 1 amide bonds. The van der Waals surface area contributed by atoms with Gasteiger partial charge in [0.25, 0.3) is 0 Å². The van der Waals surface area contributed by atoms with Crippen molar-refractivity contribution >= 4 is 17.7 Å². The molecule has 126 valence electrons. The quantitative estimate of drug-likeness (QED) is 0.812. The van der Waals surface area contributed by atoms with Gasteiger partial charge in [0.1, 0.15) is 11.6 Å². The first-order valence-corrected chi connectivity index (χ1v) is 7.28. The van der Waals surface area contributed by atoms with Gasteiger partial charge in [-0.05, 0) is 42.8 Å². The predicted octanol–water partition coefficient (Wildman–Crippen LogP) is 4.02. The van der Waals surface area contributed by atoms with Gasteiger partial charge in [0, 0.05) is 12.1 Å². The summed E-state index contributed by atoms with van der Waals surface area (Å²) in [5, 5.41) is 2.35. The van der Waals surface area contributed by atoms with Gasteiger partial charge in [0.2, 0.25) is 5.91 Å². The minimum atomic E-state index is -0.833. The van der Waals surface area contributed by atoms with E-state index in [-0.39, 0.29) is 5.69 Å². The summed E-state index contributed by atoms with van der Waals surface area (Å²) in [5.41, 5.74) is 0.629. The Labute approximate surface area is 138 Å². The zero-order chi connectivity index (χ0) is 17.5. The molecule has 0 unspecified atom stereocenters. The minimum absolute atomic E-state index is 0.0872. The van der Waals surface area contributed by atoms with Gasteiger partial charge in [0.15, 0.2) is 11.5 Å². The van der Waals surface area contributed by atoms with Crippen LogP contribution in [0.1, 0.15) is 12.5 Å². The van der Waals surface area contributed by atoms with Crippen molar-refractivity contribution in [3.63, 3.8) is 0 Å². The molecule has 0 saturated heterocycles. The van der Waals surface area contributed by atoms with Crippen LogP contribution in [0.4, 0.5) is 14.5 Å². The smallest absolute Gasteiger partial charge is 0.248 e. The number of nitrogens with one attached hydrogen (secondary N) is 1. The second-order valence-electron chi connectivity index (χ2n) is 4.79. The Bertz CT molecular complexity index is 760. The van der Waals surface area contributed by atoms with E-state index in [1.165, 1.54) is 13.2 Å². The molecule has 0 aromatic heterocycles. The van der Waals surface area contributed by atoms with Gasteiger partial charge in [0.05, 0.1) is 19.4 Å². The molecule has 4 nitrogen and oxygen atoms in total. The maximum Gasteiger partial charge on any atom is 0.248 e. The summed E-state index contributed by atoms with van der Waals surface area (Å²) in [6.07, 6.45) is 2.80. The predicted molar refractivity (Wildman–Crippen MR) is 88.2 cm³/mol. The van der Waals surface area contributed by atoms with Crippen molar-refractivity contribution < 1.29 is 23.0 Å². The van der Waals surface area contributed by atoms with E-state index >= 15 is 0 Å². The van der Waals surface area contributed by atoms with E-state index in [1.54, 1.807) is 24.3 Å². The molecular formula is C18H17F2NO3. The van der Waals surface area contributed by atoms with Crippen molar-refractivity contribution in [3.8, 4) is 11.5 Å². The molecule has 1 N–H and O–H groups in total. The summed E-state index contributed by atoms with van der Waals surface area (Å²) in [5.74, 6) is -0.921. The van der Waals surface area contributed by atoms with Gasteiger partial charge in [-0.25, -0.2) is 8.78 Å². The highest BCUT2D eigenvalue weighted by molar-refractivity contribution is 6.02. The van der Waals surface area contributed by atoms with Crippen LogP contribution in [0.3, 0.4) is 0 Å². The van der Waals surface area contributed by atoms with Crippen LogP contribution in [-0.2, 0) is 4.79 Å². The summed E-state index contributed by atoms with van der Waals surface area (Å²) in [7, 11) is 1.54. The molecule has 0 aliphatic heterocycles. The number of hydrogen-bond donors (Lipinski definition) is 1. The topological polar surface area (TPSA) is 47.6 Å². The summed E-state index contributed by atoms with van der Waals surface area (Å²) >= 11 is 0. The third-order valence-corrected chi connectivity index (χ3v) is 3.10. The summed E-state index contributed by atoms with van der Waals surface area (Å²) in [6, 6.07) is 8.14. The Hall–Kier alpha value is -2.89. The van der Waals surface area contributed by atoms with Crippen LogP contribution in [0.2, 0.25) is 0 Å². The van der Waals surface area contributed by atoms with Gasteiger partial charge < -0.3 is 14.8 Å². The van der Waals surface area contributed by atoms with Gasteiger partial charge in [-0.3, -0.25) is 4.79 Å². The SMILES string of the molecule is CCOc1cc(/C=C/C(=O)Nc2ccc(F)cc2F)ccc1OC. The molecule has 2 aromatic carbocycles. The average Bonchev–Trinajstić information content (AvgIpc) is 2.56. The maximum absolute atomic E-state index is 13.5. The Balaban J connectivity index is 2.09. The zero-order valence-electron chi connectivity index (χ0n) is 13.3. The summed E-state index contributed by atoms with van der Waals surface area (Å²) in [6.45, 7) is 2.33. The number of hydrogen-bond acceptors (Lipinski definition) is 3. The zero-order valence-corrected chi connectivity index (χ0v) is 13.3. The highest BCUT2D eigenvalue weighted by atomic mass is 19.1. The number of anilines is 1. The second kappa shape index (κ2) is 8.10. The molecule has 2 rings (SSSR count). The maximum atomic E-state index is 13.5. The fourth-order valence-corrected chi connectivity index (χ4v) is 2.00. The van der Waals surface area contributed by atoms with Crippen LogP contribution in [0.15, 0.2) is 42.5 Å². The molecule has 0 heterocycles. The third kappa shape index (κ3) is 4.55. The molecule has 0 radical (unpaired) electrons. The third-order valence-electron chi connectivity index (χ3n) is 3.10. The Kier molecular flexibility index (Phi) is 5.89. The number of carbonyl (C=O) groups is 1. The van der Waals surface area contributed by atoms with Crippen LogP contribution in [0, 0.1) is 11.6 Å². The van der Waals surface area contributed by atoms with Crippen LogP contribution in [0.25, 0.3) is 6.08 Å². The van der Waals surface area contributed by atoms with Gasteiger partial charge in [-0.1, -0.05) is 6.07 Å². The number of amides is 1. The molecule has 0 fully saturated rings. The molecule has 0 atom stereocenters. The fourth-order valence-electron chi connectivity index (χ4n) is 2.00. The van der Waals surface area contributed by atoms with Crippen LogP contribution >= 0.6 is 0 Å². The molecule has 2 aromatic rings. The van der Waals surface area contributed by atoms with Crippen molar-refractivity contribution in [3.05, 3.63) is 59.7 Å². The Morgan fingerprint density at radius 1 is 1.17 bits per heavy atom. The summed E-state index contributed by atoms with van der Waals surface area (Å²) < 4.78 is 36.9.